The van der Waals surface area contributed by atoms with Crippen molar-refractivity contribution in [1.29, 1.82) is 0 Å². The quantitative estimate of drug-likeness (QED) is 0.777. The minimum atomic E-state index is -0.562. The van der Waals surface area contributed by atoms with Gasteiger partial charge in [0.05, 0.1) is 6.10 Å². The van der Waals surface area contributed by atoms with Gasteiger partial charge >= 0.3 is 0 Å². The third-order valence-electron chi connectivity index (χ3n) is 2.97. The average molecular weight is 230 g/mol. The summed E-state index contributed by atoms with van der Waals surface area (Å²) in [6.45, 7) is 5.97. The summed E-state index contributed by atoms with van der Waals surface area (Å²) in [5.41, 5.74) is 0. The molecule has 16 heavy (non-hydrogen) atoms. The molecule has 1 aliphatic heterocycles. The number of aliphatic hydroxyl groups is 1. The molecular formula is C12H22O4. The van der Waals surface area contributed by atoms with Crippen molar-refractivity contribution < 1.29 is 19.4 Å². The van der Waals surface area contributed by atoms with E-state index in [4.69, 9.17) is 9.47 Å². The van der Waals surface area contributed by atoms with Crippen molar-refractivity contribution in [2.75, 3.05) is 6.61 Å². The maximum absolute atomic E-state index is 10.9. The van der Waals surface area contributed by atoms with Gasteiger partial charge in [-0.05, 0) is 32.6 Å². The summed E-state index contributed by atoms with van der Waals surface area (Å²) in [4.78, 5) is 10.9. The number of rotatable bonds is 5. The number of carbonyl (C=O) groups is 1. The van der Waals surface area contributed by atoms with E-state index >= 15 is 0 Å². The summed E-state index contributed by atoms with van der Waals surface area (Å²) < 4.78 is 11.0. The second kappa shape index (κ2) is 6.33. The van der Waals surface area contributed by atoms with Crippen LogP contribution in [0.5, 0.6) is 0 Å². The van der Waals surface area contributed by atoms with E-state index in [1.165, 1.54) is 0 Å². The molecule has 0 amide bonds. The Kier molecular flexibility index (Phi) is 5.38. The molecule has 4 heteroatoms. The lowest BCUT2D eigenvalue weighted by atomic mass is 9.91. The molecule has 0 aliphatic carbocycles. The van der Waals surface area contributed by atoms with Crippen molar-refractivity contribution in [1.82, 2.24) is 0 Å². The van der Waals surface area contributed by atoms with Crippen LogP contribution in [0.25, 0.3) is 0 Å². The molecule has 1 heterocycles. The van der Waals surface area contributed by atoms with Gasteiger partial charge in [-0.3, -0.25) is 0 Å². The van der Waals surface area contributed by atoms with Crippen LogP contribution in [0, 0.1) is 5.92 Å². The van der Waals surface area contributed by atoms with Crippen LogP contribution in [0.1, 0.15) is 40.0 Å². The monoisotopic (exact) mass is 230 g/mol. The van der Waals surface area contributed by atoms with Crippen LogP contribution in [-0.4, -0.2) is 36.0 Å². The molecule has 4 nitrogen and oxygen atoms in total. The highest BCUT2D eigenvalue weighted by molar-refractivity contribution is 5.75. The highest BCUT2D eigenvalue weighted by Crippen LogP contribution is 2.28. The fraction of sp³-hybridized carbons (Fsp3) is 0.917. The average Bonchev–Trinajstić information content (AvgIpc) is 2.22. The van der Waals surface area contributed by atoms with Crippen LogP contribution < -0.4 is 0 Å². The van der Waals surface area contributed by atoms with Crippen molar-refractivity contribution in [2.45, 2.75) is 58.5 Å². The third kappa shape index (κ3) is 3.85. The van der Waals surface area contributed by atoms with Crippen LogP contribution in [-0.2, 0) is 14.3 Å². The summed E-state index contributed by atoms with van der Waals surface area (Å²) in [7, 11) is 0. The summed E-state index contributed by atoms with van der Waals surface area (Å²) in [6, 6.07) is 0. The van der Waals surface area contributed by atoms with E-state index in [1.54, 1.807) is 6.92 Å². The lowest BCUT2D eigenvalue weighted by Crippen LogP contribution is -2.45. The molecule has 1 saturated heterocycles. The van der Waals surface area contributed by atoms with Crippen LogP contribution in [0.2, 0.25) is 0 Å². The predicted octanol–water partition coefficient (Wildman–Crippen LogP) is 1.50. The molecule has 94 valence electrons. The van der Waals surface area contributed by atoms with E-state index in [2.05, 4.69) is 0 Å². The van der Waals surface area contributed by atoms with Gasteiger partial charge in [-0.15, -0.1) is 0 Å². The minimum Gasteiger partial charge on any atom is -0.388 e. The lowest BCUT2D eigenvalue weighted by molar-refractivity contribution is -0.253. The lowest BCUT2D eigenvalue weighted by Gasteiger charge is -2.37. The topological polar surface area (TPSA) is 55.8 Å². The Morgan fingerprint density at radius 3 is 2.81 bits per heavy atom. The Morgan fingerprint density at radius 1 is 1.56 bits per heavy atom. The number of carbonyl (C=O) groups excluding carboxylic acids is 1. The maximum atomic E-state index is 10.9. The molecule has 0 spiro atoms. The largest absolute Gasteiger partial charge is 0.388 e. The highest BCUT2D eigenvalue weighted by atomic mass is 16.7. The second-order valence-corrected chi connectivity index (χ2v) is 4.53. The Balaban J connectivity index is 2.46. The van der Waals surface area contributed by atoms with Gasteiger partial charge in [0.25, 0.3) is 0 Å². The standard InChI is InChI=1S/C12H22O4/c1-4-15-12-11(14)8(2)7-10(16-12)6-5-9(3)13/h8,10-12,14H,4-7H2,1-3H3/t8-,10+,11-,12-/m0/s1. The van der Waals surface area contributed by atoms with Gasteiger partial charge < -0.3 is 19.4 Å². The molecule has 0 aromatic rings. The number of Topliss-reactive ketones (excluding diaryl/α,β-unsaturated/α-hetero) is 1. The Labute approximate surface area is 96.9 Å². The van der Waals surface area contributed by atoms with Crippen LogP contribution in [0.4, 0.5) is 0 Å². The van der Waals surface area contributed by atoms with Gasteiger partial charge in [0, 0.05) is 13.0 Å². The smallest absolute Gasteiger partial charge is 0.183 e. The molecule has 0 aromatic heterocycles. The van der Waals surface area contributed by atoms with Crippen molar-refractivity contribution >= 4 is 5.78 Å². The number of aliphatic hydroxyl groups excluding tert-OH is 1. The van der Waals surface area contributed by atoms with Gasteiger partial charge in [0.1, 0.15) is 11.9 Å². The summed E-state index contributed by atoms with van der Waals surface area (Å²) in [5.74, 6) is 0.331. The molecular weight excluding hydrogens is 208 g/mol. The van der Waals surface area contributed by atoms with Crippen LogP contribution in [0.3, 0.4) is 0 Å². The van der Waals surface area contributed by atoms with E-state index in [-0.39, 0.29) is 17.8 Å². The Bertz CT molecular complexity index is 229. The summed E-state index contributed by atoms with van der Waals surface area (Å²) in [5, 5.41) is 9.85. The first-order valence-corrected chi connectivity index (χ1v) is 5.99. The Morgan fingerprint density at radius 2 is 2.25 bits per heavy atom. The molecule has 0 saturated carbocycles. The zero-order valence-electron chi connectivity index (χ0n) is 10.3. The highest BCUT2D eigenvalue weighted by Gasteiger charge is 2.35. The zero-order valence-corrected chi connectivity index (χ0v) is 10.3. The molecule has 0 aromatic carbocycles. The maximum Gasteiger partial charge on any atom is 0.183 e. The van der Waals surface area contributed by atoms with Crippen LogP contribution >= 0.6 is 0 Å². The number of hydrogen-bond acceptors (Lipinski definition) is 4. The number of ketones is 1. The second-order valence-electron chi connectivity index (χ2n) is 4.53. The van der Waals surface area contributed by atoms with E-state index in [9.17, 15) is 9.90 Å². The fourth-order valence-electron chi connectivity index (χ4n) is 2.00. The van der Waals surface area contributed by atoms with Gasteiger partial charge in [-0.25, -0.2) is 0 Å². The van der Waals surface area contributed by atoms with Crippen molar-refractivity contribution in [3.8, 4) is 0 Å². The van der Waals surface area contributed by atoms with Gasteiger partial charge in [-0.1, -0.05) is 6.92 Å². The minimum absolute atomic E-state index is 0.0267. The summed E-state index contributed by atoms with van der Waals surface area (Å²) in [6.07, 6.45) is 0.971. The predicted molar refractivity (Wildman–Crippen MR) is 60.0 cm³/mol. The molecule has 1 rings (SSSR count). The number of ether oxygens (including phenoxy) is 2. The first kappa shape index (κ1) is 13.6. The Hall–Kier alpha value is -0.450. The van der Waals surface area contributed by atoms with Crippen molar-refractivity contribution in [2.24, 2.45) is 5.92 Å². The van der Waals surface area contributed by atoms with E-state index < -0.39 is 12.4 Å². The van der Waals surface area contributed by atoms with E-state index in [0.29, 0.717) is 13.0 Å². The molecule has 0 unspecified atom stereocenters. The van der Waals surface area contributed by atoms with Gasteiger partial charge in [-0.2, -0.15) is 0 Å². The fourth-order valence-corrected chi connectivity index (χ4v) is 2.00. The molecule has 1 fully saturated rings. The number of hydrogen-bond donors (Lipinski definition) is 1. The van der Waals surface area contributed by atoms with Gasteiger partial charge in [0.2, 0.25) is 0 Å². The first-order valence-electron chi connectivity index (χ1n) is 5.99. The SMILES string of the molecule is CCO[C@H]1O[C@H](CCC(C)=O)C[C@H](C)[C@@H]1O. The molecule has 1 N–H and O–H groups in total. The van der Waals surface area contributed by atoms with Gasteiger partial charge in [0.15, 0.2) is 6.29 Å². The molecule has 1 aliphatic rings. The van der Waals surface area contributed by atoms with Crippen LogP contribution in [0.15, 0.2) is 0 Å². The van der Waals surface area contributed by atoms with E-state index in [0.717, 1.165) is 12.8 Å². The molecule has 0 radical (unpaired) electrons. The van der Waals surface area contributed by atoms with Crippen molar-refractivity contribution in [3.63, 3.8) is 0 Å². The first-order chi connectivity index (χ1) is 7.54. The summed E-state index contributed by atoms with van der Waals surface area (Å²) >= 11 is 0. The molecule has 0 bridgehead atoms. The third-order valence-corrected chi connectivity index (χ3v) is 2.97. The van der Waals surface area contributed by atoms with Crippen molar-refractivity contribution in [3.05, 3.63) is 0 Å². The zero-order chi connectivity index (χ0) is 12.1. The molecule has 4 atom stereocenters. The van der Waals surface area contributed by atoms with E-state index in [1.807, 2.05) is 13.8 Å². The normalized spacial score (nSPS) is 35.0.